The molecule has 0 aliphatic carbocycles. The van der Waals surface area contributed by atoms with Gasteiger partial charge in [0.05, 0.1) is 12.8 Å². The van der Waals surface area contributed by atoms with Gasteiger partial charge in [-0.1, -0.05) is 0 Å². The van der Waals surface area contributed by atoms with Gasteiger partial charge in [0, 0.05) is 18.8 Å². The van der Waals surface area contributed by atoms with Gasteiger partial charge in [0.1, 0.15) is 12.3 Å². The topological polar surface area (TPSA) is 38.5 Å². The smallest absolute Gasteiger partial charge is 0.405 e. The Morgan fingerprint density at radius 3 is 2.50 bits per heavy atom. The van der Waals surface area contributed by atoms with Crippen molar-refractivity contribution in [3.05, 3.63) is 18.2 Å². The SMILES string of the molecule is COc1cc(N(C)CC(F)(F)F)ccc1N. The zero-order valence-corrected chi connectivity index (χ0v) is 9.01. The van der Waals surface area contributed by atoms with E-state index in [0.29, 0.717) is 17.1 Å². The zero-order chi connectivity index (χ0) is 12.3. The number of alkyl halides is 3. The first-order valence-corrected chi connectivity index (χ1v) is 4.55. The highest BCUT2D eigenvalue weighted by molar-refractivity contribution is 5.62. The second-order valence-corrected chi connectivity index (χ2v) is 3.40. The van der Waals surface area contributed by atoms with Crippen LogP contribution in [0.1, 0.15) is 0 Å². The first kappa shape index (κ1) is 12.5. The summed E-state index contributed by atoms with van der Waals surface area (Å²) in [7, 11) is 2.78. The number of halogens is 3. The van der Waals surface area contributed by atoms with Crippen LogP contribution in [0.3, 0.4) is 0 Å². The molecule has 0 saturated carbocycles. The largest absolute Gasteiger partial charge is 0.495 e. The molecular formula is C10H13F3N2O. The minimum absolute atomic E-state index is 0.367. The lowest BCUT2D eigenvalue weighted by molar-refractivity contribution is -0.119. The van der Waals surface area contributed by atoms with Gasteiger partial charge in [-0.2, -0.15) is 13.2 Å². The van der Waals surface area contributed by atoms with E-state index in [1.165, 1.54) is 32.4 Å². The third-order valence-corrected chi connectivity index (χ3v) is 2.07. The Kier molecular flexibility index (Phi) is 3.51. The van der Waals surface area contributed by atoms with E-state index in [2.05, 4.69) is 0 Å². The third-order valence-electron chi connectivity index (χ3n) is 2.07. The van der Waals surface area contributed by atoms with Gasteiger partial charge in [0.2, 0.25) is 0 Å². The Bertz CT molecular complexity index is 366. The molecule has 1 aromatic carbocycles. The van der Waals surface area contributed by atoms with E-state index >= 15 is 0 Å². The van der Waals surface area contributed by atoms with Crippen molar-refractivity contribution in [1.82, 2.24) is 0 Å². The first-order valence-electron chi connectivity index (χ1n) is 4.55. The highest BCUT2D eigenvalue weighted by atomic mass is 19.4. The number of methoxy groups -OCH3 is 1. The van der Waals surface area contributed by atoms with E-state index in [1.807, 2.05) is 0 Å². The Morgan fingerprint density at radius 2 is 2.00 bits per heavy atom. The number of rotatable bonds is 3. The van der Waals surface area contributed by atoms with E-state index in [9.17, 15) is 13.2 Å². The number of nitrogen functional groups attached to an aromatic ring is 1. The second kappa shape index (κ2) is 4.51. The number of anilines is 2. The van der Waals surface area contributed by atoms with Gasteiger partial charge in [0.15, 0.2) is 0 Å². The number of hydrogen-bond acceptors (Lipinski definition) is 3. The molecule has 0 amide bonds. The molecule has 3 nitrogen and oxygen atoms in total. The minimum Gasteiger partial charge on any atom is -0.495 e. The highest BCUT2D eigenvalue weighted by Crippen LogP contribution is 2.28. The molecular weight excluding hydrogens is 221 g/mol. The maximum Gasteiger partial charge on any atom is 0.405 e. The highest BCUT2D eigenvalue weighted by Gasteiger charge is 2.29. The summed E-state index contributed by atoms with van der Waals surface area (Å²) in [5.74, 6) is 0.367. The fraction of sp³-hybridized carbons (Fsp3) is 0.400. The molecule has 0 bridgehead atoms. The lowest BCUT2D eigenvalue weighted by atomic mass is 10.2. The normalized spacial score (nSPS) is 11.3. The molecule has 0 aromatic heterocycles. The molecule has 0 aliphatic rings. The molecule has 0 radical (unpaired) electrons. The van der Waals surface area contributed by atoms with E-state index < -0.39 is 12.7 Å². The Morgan fingerprint density at radius 1 is 1.38 bits per heavy atom. The number of nitrogens with zero attached hydrogens (tertiary/aromatic N) is 1. The first-order chi connectivity index (χ1) is 7.33. The Hall–Kier alpha value is -1.59. The van der Waals surface area contributed by atoms with Crippen molar-refractivity contribution in [2.24, 2.45) is 0 Å². The van der Waals surface area contributed by atoms with Crippen molar-refractivity contribution in [3.63, 3.8) is 0 Å². The van der Waals surface area contributed by atoms with Crippen LogP contribution in [0.5, 0.6) is 5.75 Å². The van der Waals surface area contributed by atoms with Gasteiger partial charge in [-0.3, -0.25) is 0 Å². The number of hydrogen-bond donors (Lipinski definition) is 1. The molecule has 0 heterocycles. The summed E-state index contributed by atoms with van der Waals surface area (Å²) < 4.78 is 41.4. The maximum atomic E-state index is 12.2. The fourth-order valence-corrected chi connectivity index (χ4v) is 1.30. The minimum atomic E-state index is -4.23. The number of ether oxygens (including phenoxy) is 1. The van der Waals surface area contributed by atoms with Gasteiger partial charge in [-0.25, -0.2) is 0 Å². The quantitative estimate of drug-likeness (QED) is 0.815. The Balaban J connectivity index is 2.88. The summed E-state index contributed by atoms with van der Waals surface area (Å²) in [6.07, 6.45) is -4.23. The molecule has 0 fully saturated rings. The van der Waals surface area contributed by atoms with Gasteiger partial charge in [-0.15, -0.1) is 0 Å². The zero-order valence-electron chi connectivity index (χ0n) is 9.01. The summed E-state index contributed by atoms with van der Waals surface area (Å²) >= 11 is 0. The summed E-state index contributed by atoms with van der Waals surface area (Å²) in [5.41, 5.74) is 6.36. The second-order valence-electron chi connectivity index (χ2n) is 3.40. The molecule has 6 heteroatoms. The van der Waals surface area contributed by atoms with Crippen LogP contribution in [0.15, 0.2) is 18.2 Å². The van der Waals surface area contributed by atoms with Crippen LogP contribution >= 0.6 is 0 Å². The fourth-order valence-electron chi connectivity index (χ4n) is 1.30. The van der Waals surface area contributed by atoms with E-state index in [1.54, 1.807) is 0 Å². The van der Waals surface area contributed by atoms with Gasteiger partial charge >= 0.3 is 6.18 Å². The van der Waals surface area contributed by atoms with Gasteiger partial charge in [0.25, 0.3) is 0 Å². The number of benzene rings is 1. The standard InChI is InChI=1S/C10H13F3N2O/c1-15(6-10(11,12)13)7-3-4-8(14)9(5-7)16-2/h3-5H,6,14H2,1-2H3. The van der Waals surface area contributed by atoms with Crippen LogP contribution in [0.25, 0.3) is 0 Å². The van der Waals surface area contributed by atoms with Crippen LogP contribution in [0.4, 0.5) is 24.5 Å². The molecule has 0 saturated heterocycles. The van der Waals surface area contributed by atoms with Crippen molar-refractivity contribution >= 4 is 11.4 Å². The number of nitrogens with two attached hydrogens (primary N) is 1. The average molecular weight is 234 g/mol. The summed E-state index contributed by atoms with van der Waals surface area (Å²) in [6, 6.07) is 4.51. The molecule has 0 unspecified atom stereocenters. The van der Waals surface area contributed by atoms with Crippen LogP contribution in [-0.4, -0.2) is 26.9 Å². The van der Waals surface area contributed by atoms with Crippen molar-refractivity contribution in [2.45, 2.75) is 6.18 Å². The monoisotopic (exact) mass is 234 g/mol. The van der Waals surface area contributed by atoms with Crippen LogP contribution in [0.2, 0.25) is 0 Å². The van der Waals surface area contributed by atoms with Crippen LogP contribution < -0.4 is 15.4 Å². The van der Waals surface area contributed by atoms with E-state index in [0.717, 1.165) is 4.90 Å². The molecule has 0 spiro atoms. The summed E-state index contributed by atoms with van der Waals surface area (Å²) in [5, 5.41) is 0. The lowest BCUT2D eigenvalue weighted by Gasteiger charge is -2.21. The van der Waals surface area contributed by atoms with Crippen molar-refractivity contribution in [3.8, 4) is 5.75 Å². The molecule has 90 valence electrons. The predicted octanol–water partition coefficient (Wildman–Crippen LogP) is 2.28. The Labute approximate surface area is 91.6 Å². The van der Waals surface area contributed by atoms with Gasteiger partial charge < -0.3 is 15.4 Å². The molecule has 1 aromatic rings. The third kappa shape index (κ3) is 3.22. The van der Waals surface area contributed by atoms with E-state index in [-0.39, 0.29) is 0 Å². The van der Waals surface area contributed by atoms with Crippen molar-refractivity contribution in [1.29, 1.82) is 0 Å². The lowest BCUT2D eigenvalue weighted by Crippen LogP contribution is -2.30. The molecule has 1 rings (SSSR count). The molecule has 2 N–H and O–H groups in total. The maximum absolute atomic E-state index is 12.2. The summed E-state index contributed by atoms with van der Waals surface area (Å²) in [6.45, 7) is -1.01. The molecule has 0 aliphatic heterocycles. The van der Waals surface area contributed by atoms with Crippen LogP contribution in [0, 0.1) is 0 Å². The van der Waals surface area contributed by atoms with Crippen molar-refractivity contribution in [2.75, 3.05) is 31.3 Å². The van der Waals surface area contributed by atoms with Crippen LogP contribution in [-0.2, 0) is 0 Å². The van der Waals surface area contributed by atoms with E-state index in [4.69, 9.17) is 10.5 Å². The molecule has 16 heavy (non-hydrogen) atoms. The average Bonchev–Trinajstić information content (AvgIpc) is 2.15. The summed E-state index contributed by atoms with van der Waals surface area (Å²) in [4.78, 5) is 1.09. The molecule has 0 atom stereocenters. The van der Waals surface area contributed by atoms with Gasteiger partial charge in [-0.05, 0) is 12.1 Å². The van der Waals surface area contributed by atoms with Crippen molar-refractivity contribution < 1.29 is 17.9 Å². The predicted molar refractivity (Wildman–Crippen MR) is 56.7 cm³/mol.